The van der Waals surface area contributed by atoms with Crippen LogP contribution in [0.2, 0.25) is 0 Å². The third kappa shape index (κ3) is 4.44. The van der Waals surface area contributed by atoms with Crippen LogP contribution in [-0.2, 0) is 6.18 Å². The zero-order chi connectivity index (χ0) is 15.5. The lowest BCUT2D eigenvalue weighted by molar-refractivity contribution is -0.137. The van der Waals surface area contributed by atoms with E-state index in [-0.39, 0.29) is 0 Å². The van der Waals surface area contributed by atoms with E-state index in [1.807, 2.05) is 6.92 Å². The Kier molecular flexibility index (Phi) is 4.84. The van der Waals surface area contributed by atoms with Gasteiger partial charge in [0.25, 0.3) is 0 Å². The van der Waals surface area contributed by atoms with Gasteiger partial charge in [0.15, 0.2) is 5.16 Å². The van der Waals surface area contributed by atoms with Crippen molar-refractivity contribution in [2.45, 2.75) is 24.3 Å². The Morgan fingerprint density at radius 3 is 2.71 bits per heavy atom. The van der Waals surface area contributed by atoms with Crippen molar-refractivity contribution in [3.63, 3.8) is 0 Å². The minimum Gasteiger partial charge on any atom is -0.323 e. The molecule has 0 saturated carbocycles. The van der Waals surface area contributed by atoms with Crippen molar-refractivity contribution in [3.05, 3.63) is 53.3 Å². The lowest BCUT2D eigenvalue weighted by Gasteiger charge is -2.14. The zero-order valence-corrected chi connectivity index (χ0v) is 12.1. The quantitative estimate of drug-likeness (QED) is 0.692. The fourth-order valence-corrected chi connectivity index (χ4v) is 2.57. The molecule has 1 atom stereocenters. The van der Waals surface area contributed by atoms with Crippen molar-refractivity contribution in [1.29, 1.82) is 0 Å². The summed E-state index contributed by atoms with van der Waals surface area (Å²) in [7, 11) is 0. The molecule has 7 heteroatoms. The number of halogens is 3. The van der Waals surface area contributed by atoms with Crippen molar-refractivity contribution in [1.82, 2.24) is 9.97 Å². The second-order valence-electron chi connectivity index (χ2n) is 4.52. The van der Waals surface area contributed by atoms with Crippen molar-refractivity contribution >= 4 is 11.8 Å². The summed E-state index contributed by atoms with van der Waals surface area (Å²) in [6, 6.07) is 6.34. The first kappa shape index (κ1) is 15.8. The number of hydrogen-bond donors (Lipinski definition) is 1. The summed E-state index contributed by atoms with van der Waals surface area (Å²) in [5.74, 6) is 0.408. The highest BCUT2D eigenvalue weighted by Gasteiger charge is 2.30. The Bertz CT molecular complexity index is 616. The lowest BCUT2D eigenvalue weighted by Crippen LogP contribution is -2.15. The van der Waals surface area contributed by atoms with Gasteiger partial charge in [-0.3, -0.25) is 0 Å². The first-order chi connectivity index (χ1) is 9.86. The first-order valence-electron chi connectivity index (χ1n) is 6.21. The fourth-order valence-electron chi connectivity index (χ4n) is 1.70. The van der Waals surface area contributed by atoms with E-state index in [0.717, 1.165) is 17.8 Å². The molecule has 2 rings (SSSR count). The van der Waals surface area contributed by atoms with Crippen LogP contribution in [0.5, 0.6) is 0 Å². The van der Waals surface area contributed by atoms with E-state index in [2.05, 4.69) is 9.97 Å². The van der Waals surface area contributed by atoms with Gasteiger partial charge in [0, 0.05) is 23.7 Å². The van der Waals surface area contributed by atoms with E-state index in [1.165, 1.54) is 17.8 Å². The molecule has 2 N–H and O–H groups in total. The van der Waals surface area contributed by atoms with Crippen molar-refractivity contribution in [2.24, 2.45) is 5.73 Å². The smallest absolute Gasteiger partial charge is 0.323 e. The van der Waals surface area contributed by atoms with Crippen LogP contribution in [0, 0.1) is 6.92 Å². The van der Waals surface area contributed by atoms with Gasteiger partial charge in [0.2, 0.25) is 0 Å². The van der Waals surface area contributed by atoms with Gasteiger partial charge in [0.1, 0.15) is 0 Å². The van der Waals surface area contributed by atoms with Crippen LogP contribution >= 0.6 is 11.8 Å². The summed E-state index contributed by atoms with van der Waals surface area (Å²) in [6.07, 6.45) is -2.72. The van der Waals surface area contributed by atoms with E-state index in [4.69, 9.17) is 5.73 Å². The number of aryl methyl sites for hydroxylation is 1. The normalized spacial score (nSPS) is 13.2. The van der Waals surface area contributed by atoms with Gasteiger partial charge >= 0.3 is 6.18 Å². The molecule has 0 amide bonds. The highest BCUT2D eigenvalue weighted by atomic mass is 32.2. The Balaban J connectivity index is 2.05. The van der Waals surface area contributed by atoms with E-state index in [0.29, 0.717) is 16.5 Å². The molecule has 0 spiro atoms. The Labute approximate surface area is 124 Å². The fraction of sp³-hybridized carbons (Fsp3) is 0.286. The molecule has 3 nitrogen and oxygen atoms in total. The number of nitrogens with two attached hydrogens (primary N) is 1. The molecule has 0 saturated heterocycles. The Morgan fingerprint density at radius 1 is 1.29 bits per heavy atom. The zero-order valence-electron chi connectivity index (χ0n) is 11.3. The van der Waals surface area contributed by atoms with Gasteiger partial charge in [-0.15, -0.1) is 0 Å². The SMILES string of the molecule is Cc1ccnc(SCC(N)c2cccc(C(F)(F)F)c2)n1. The van der Waals surface area contributed by atoms with Crippen LogP contribution in [0.4, 0.5) is 13.2 Å². The third-order valence-corrected chi connectivity index (χ3v) is 3.79. The molecule has 1 aromatic heterocycles. The standard InChI is InChI=1S/C14H14F3N3S/c1-9-5-6-19-13(20-9)21-8-12(18)10-3-2-4-11(7-10)14(15,16)17/h2-7,12H,8,18H2,1H3. The molecule has 0 radical (unpaired) electrons. The largest absolute Gasteiger partial charge is 0.416 e. The van der Waals surface area contributed by atoms with E-state index in [9.17, 15) is 13.2 Å². The number of nitrogens with zero attached hydrogens (tertiary/aromatic N) is 2. The molecule has 1 unspecified atom stereocenters. The molecule has 0 aliphatic heterocycles. The van der Waals surface area contributed by atoms with Gasteiger partial charge < -0.3 is 5.73 Å². The maximum absolute atomic E-state index is 12.7. The molecule has 0 aliphatic rings. The van der Waals surface area contributed by atoms with Gasteiger partial charge in [-0.1, -0.05) is 23.9 Å². The average molecular weight is 313 g/mol. The van der Waals surface area contributed by atoms with Crippen molar-refractivity contribution < 1.29 is 13.2 Å². The molecule has 0 aliphatic carbocycles. The minimum absolute atomic E-state index is 0.408. The summed E-state index contributed by atoms with van der Waals surface area (Å²) in [5, 5.41) is 0.567. The van der Waals surface area contributed by atoms with Crippen LogP contribution in [0.1, 0.15) is 22.9 Å². The van der Waals surface area contributed by atoms with Crippen molar-refractivity contribution in [2.75, 3.05) is 5.75 Å². The number of alkyl halides is 3. The van der Waals surface area contributed by atoms with Gasteiger partial charge in [-0.05, 0) is 30.7 Å². The molecule has 1 heterocycles. The van der Waals surface area contributed by atoms with Crippen LogP contribution in [0.25, 0.3) is 0 Å². The molecule has 0 bridgehead atoms. The summed E-state index contributed by atoms with van der Waals surface area (Å²) in [4.78, 5) is 8.29. The van der Waals surface area contributed by atoms with Crippen LogP contribution in [0.15, 0.2) is 41.7 Å². The second-order valence-corrected chi connectivity index (χ2v) is 5.51. The molecular formula is C14H14F3N3S. The highest BCUT2D eigenvalue weighted by molar-refractivity contribution is 7.99. The lowest BCUT2D eigenvalue weighted by atomic mass is 10.1. The highest BCUT2D eigenvalue weighted by Crippen LogP contribution is 2.31. The molecule has 1 aromatic carbocycles. The van der Waals surface area contributed by atoms with Gasteiger partial charge in [0.05, 0.1) is 5.56 Å². The number of rotatable bonds is 4. The number of thioether (sulfide) groups is 1. The predicted octanol–water partition coefficient (Wildman–Crippen LogP) is 3.60. The third-order valence-electron chi connectivity index (χ3n) is 2.81. The monoisotopic (exact) mass is 313 g/mol. The summed E-state index contributed by atoms with van der Waals surface area (Å²) in [6.45, 7) is 1.85. The first-order valence-corrected chi connectivity index (χ1v) is 7.20. The second kappa shape index (κ2) is 6.44. The van der Waals surface area contributed by atoms with E-state index >= 15 is 0 Å². The molecule has 0 fully saturated rings. The molecule has 2 aromatic rings. The van der Waals surface area contributed by atoms with Crippen LogP contribution in [-0.4, -0.2) is 15.7 Å². The molecule has 21 heavy (non-hydrogen) atoms. The molecular weight excluding hydrogens is 299 g/mol. The van der Waals surface area contributed by atoms with Gasteiger partial charge in [-0.2, -0.15) is 13.2 Å². The number of benzene rings is 1. The summed E-state index contributed by atoms with van der Waals surface area (Å²) >= 11 is 1.32. The molecule has 112 valence electrons. The van der Waals surface area contributed by atoms with E-state index < -0.39 is 17.8 Å². The van der Waals surface area contributed by atoms with E-state index in [1.54, 1.807) is 18.3 Å². The number of hydrogen-bond acceptors (Lipinski definition) is 4. The van der Waals surface area contributed by atoms with Crippen LogP contribution in [0.3, 0.4) is 0 Å². The Morgan fingerprint density at radius 2 is 2.05 bits per heavy atom. The van der Waals surface area contributed by atoms with Crippen LogP contribution < -0.4 is 5.73 Å². The average Bonchev–Trinajstić information content (AvgIpc) is 2.44. The maximum Gasteiger partial charge on any atom is 0.416 e. The predicted molar refractivity (Wildman–Crippen MR) is 75.9 cm³/mol. The number of aromatic nitrogens is 2. The van der Waals surface area contributed by atoms with Crippen molar-refractivity contribution in [3.8, 4) is 0 Å². The minimum atomic E-state index is -4.36. The summed E-state index contributed by atoms with van der Waals surface area (Å²) in [5.41, 5.74) is 6.54. The maximum atomic E-state index is 12.7. The summed E-state index contributed by atoms with van der Waals surface area (Å²) < 4.78 is 38.0. The Hall–Kier alpha value is -1.60. The van der Waals surface area contributed by atoms with Gasteiger partial charge in [-0.25, -0.2) is 9.97 Å². The topological polar surface area (TPSA) is 51.8 Å².